The SMILES string of the molecule is CC(C)[PH+](C[N-]c1ccccc1N(c1ccccc1[N-]C[PH+](C(C)C)C(C)C)c1ccccc1[N-]C[PH+](C(C)C)C(C)C)C(C)C.[Co+3].[Co]. The number of benzene rings is 3. The summed E-state index contributed by atoms with van der Waals surface area (Å²) >= 11 is 0. The molecule has 0 N–H and O–H groups in total. The molecule has 3 aromatic rings. The normalized spacial score (nSPS) is 11.7. The topological polar surface area (TPSA) is 45.5 Å². The minimum atomic E-state index is -0.646. The Morgan fingerprint density at radius 1 is 0.417 bits per heavy atom. The van der Waals surface area contributed by atoms with Crippen molar-refractivity contribution in [3.8, 4) is 0 Å². The van der Waals surface area contributed by atoms with Crippen molar-refractivity contribution in [1.82, 2.24) is 0 Å². The van der Waals surface area contributed by atoms with E-state index in [1.807, 2.05) is 0 Å². The molecule has 0 heterocycles. The third-order valence-corrected chi connectivity index (χ3v) is 19.6. The number of hydrogen-bond donors (Lipinski definition) is 0. The van der Waals surface area contributed by atoms with Crippen LogP contribution in [0.3, 0.4) is 0 Å². The molecular formula is C39H63Co2N4P3+3. The molecule has 269 valence electrons. The number of rotatable bonds is 18. The van der Waals surface area contributed by atoms with E-state index in [1.165, 1.54) is 0 Å². The minimum absolute atomic E-state index is 0. The maximum Gasteiger partial charge on any atom is 3.00 e. The zero-order valence-corrected chi connectivity index (χ0v) is 36.6. The van der Waals surface area contributed by atoms with Gasteiger partial charge in [0.05, 0.1) is 34.0 Å². The number of anilines is 3. The molecule has 0 atom stereocenters. The van der Waals surface area contributed by atoms with Gasteiger partial charge in [-0.05, 0) is 144 Å². The Hall–Kier alpha value is -0.837. The smallest absolute Gasteiger partial charge is 0.651 e. The first-order valence-corrected chi connectivity index (χ1v) is 23.1. The largest absolute Gasteiger partial charge is 3.00 e. The zero-order chi connectivity index (χ0) is 34.0. The molecule has 0 aromatic heterocycles. The second kappa shape index (κ2) is 22.2. The van der Waals surface area contributed by atoms with Gasteiger partial charge in [0.15, 0.2) is 0 Å². The predicted octanol–water partition coefficient (Wildman–Crippen LogP) is 14.1. The summed E-state index contributed by atoms with van der Waals surface area (Å²) in [6.07, 6.45) is 2.73. The number of nitrogens with zero attached hydrogens (tertiary/aromatic N) is 4. The molecule has 0 aliphatic rings. The van der Waals surface area contributed by atoms with E-state index >= 15 is 0 Å². The van der Waals surface area contributed by atoms with Crippen molar-refractivity contribution in [2.75, 3.05) is 23.8 Å². The molecule has 1 radical (unpaired) electrons. The van der Waals surface area contributed by atoms with Crippen LogP contribution < -0.4 is 4.90 Å². The molecule has 0 fully saturated rings. The van der Waals surface area contributed by atoms with E-state index < -0.39 is 23.8 Å². The Labute approximate surface area is 319 Å². The fourth-order valence-corrected chi connectivity index (χ4v) is 13.6. The van der Waals surface area contributed by atoms with E-state index in [0.29, 0.717) is 34.0 Å². The Morgan fingerprint density at radius 3 is 0.833 bits per heavy atom. The van der Waals surface area contributed by atoms with Crippen LogP contribution in [0.1, 0.15) is 83.1 Å². The van der Waals surface area contributed by atoms with E-state index in [-0.39, 0.29) is 33.6 Å². The fraction of sp³-hybridized carbons (Fsp3) is 0.538. The molecule has 0 aliphatic carbocycles. The predicted molar refractivity (Wildman–Crippen MR) is 221 cm³/mol. The van der Waals surface area contributed by atoms with Gasteiger partial charge in [-0.3, -0.25) is 0 Å². The van der Waals surface area contributed by atoms with Gasteiger partial charge in [-0.15, -0.1) is 17.1 Å². The maximum atomic E-state index is 5.37. The molecule has 4 nitrogen and oxygen atoms in total. The second-order valence-corrected chi connectivity index (χ2v) is 25.7. The molecule has 48 heavy (non-hydrogen) atoms. The average Bonchev–Trinajstić information content (AvgIpc) is 2.98. The van der Waals surface area contributed by atoms with Gasteiger partial charge < -0.3 is 20.9 Å². The monoisotopic (exact) mass is 798 g/mol. The van der Waals surface area contributed by atoms with Crippen molar-refractivity contribution in [2.24, 2.45) is 0 Å². The first-order chi connectivity index (χ1) is 21.8. The first-order valence-electron chi connectivity index (χ1n) is 17.5. The molecule has 3 aromatic carbocycles. The maximum absolute atomic E-state index is 5.37. The van der Waals surface area contributed by atoms with E-state index in [4.69, 9.17) is 16.0 Å². The zero-order valence-electron chi connectivity index (χ0n) is 31.5. The summed E-state index contributed by atoms with van der Waals surface area (Å²) < 4.78 is 0. The molecular weight excluding hydrogens is 735 g/mol. The molecule has 0 unspecified atom stereocenters. The van der Waals surface area contributed by atoms with Crippen LogP contribution in [0.5, 0.6) is 0 Å². The van der Waals surface area contributed by atoms with Crippen molar-refractivity contribution >= 4 is 57.9 Å². The van der Waals surface area contributed by atoms with Gasteiger partial charge in [-0.1, -0.05) is 54.6 Å². The molecule has 3 rings (SSSR count). The van der Waals surface area contributed by atoms with Gasteiger partial charge in [0.2, 0.25) is 0 Å². The van der Waals surface area contributed by atoms with E-state index in [1.54, 1.807) is 0 Å². The Kier molecular flexibility index (Phi) is 20.9. The van der Waals surface area contributed by atoms with E-state index in [0.717, 1.165) is 53.0 Å². The summed E-state index contributed by atoms with van der Waals surface area (Å²) in [7, 11) is -1.94. The van der Waals surface area contributed by atoms with Gasteiger partial charge >= 0.3 is 16.8 Å². The van der Waals surface area contributed by atoms with Gasteiger partial charge in [0.1, 0.15) is 0 Å². The van der Waals surface area contributed by atoms with Crippen LogP contribution in [0.4, 0.5) is 34.1 Å². The summed E-state index contributed by atoms with van der Waals surface area (Å²) in [4.78, 5) is 2.40. The van der Waals surface area contributed by atoms with E-state index in [9.17, 15) is 0 Å². The van der Waals surface area contributed by atoms with Crippen molar-refractivity contribution < 1.29 is 33.6 Å². The minimum Gasteiger partial charge on any atom is -0.651 e. The fourth-order valence-electron chi connectivity index (χ4n) is 6.37. The second-order valence-electron chi connectivity index (χ2n) is 14.4. The quantitative estimate of drug-likeness (QED) is 0.118. The van der Waals surface area contributed by atoms with Crippen LogP contribution in [-0.4, -0.2) is 52.8 Å². The summed E-state index contributed by atoms with van der Waals surface area (Å²) in [5.41, 5.74) is 10.4. The number of para-hydroxylation sites is 6. The van der Waals surface area contributed by atoms with Crippen molar-refractivity contribution in [1.29, 1.82) is 0 Å². The molecule has 0 amide bonds. The van der Waals surface area contributed by atoms with Crippen LogP contribution in [0.25, 0.3) is 16.0 Å². The first kappa shape index (κ1) is 45.2. The van der Waals surface area contributed by atoms with Crippen LogP contribution in [0.15, 0.2) is 72.8 Å². The molecule has 0 saturated carbocycles. The van der Waals surface area contributed by atoms with Crippen molar-refractivity contribution in [3.05, 3.63) is 88.7 Å². The molecule has 0 bridgehead atoms. The van der Waals surface area contributed by atoms with Crippen molar-refractivity contribution in [2.45, 2.75) is 117 Å². The van der Waals surface area contributed by atoms with Crippen LogP contribution in [0.2, 0.25) is 0 Å². The van der Waals surface area contributed by atoms with Gasteiger partial charge in [0, 0.05) is 33.8 Å². The molecule has 0 aliphatic heterocycles. The van der Waals surface area contributed by atoms with Gasteiger partial charge in [-0.2, -0.15) is 0 Å². The van der Waals surface area contributed by atoms with Crippen LogP contribution >= 0.6 is 23.8 Å². The summed E-state index contributed by atoms with van der Waals surface area (Å²) in [6, 6.07) is 26.1. The Morgan fingerprint density at radius 2 is 0.625 bits per heavy atom. The standard InChI is InChI=1S/C39H60N4P3.2Co/c1-28(2)44(29(3)4)25-40-34-19-13-16-22-37(34)43(38-23-17-14-20-35(38)41-26-45(30(5)6)31(7)8)39-24-18-15-21-36(39)42-27-46(32(9)10)33(11)12;;/h13-24,28-33H,25-27H2,1-12H3;;/q-3;;+3/p+3. The summed E-state index contributed by atoms with van der Waals surface area (Å²) in [6.45, 7) is 28.4. The summed E-state index contributed by atoms with van der Waals surface area (Å²) in [5, 5.41) is 16.1. The van der Waals surface area contributed by atoms with E-state index in [2.05, 4.69) is 161 Å². The molecule has 9 heteroatoms. The molecule has 0 spiro atoms. The number of hydrogen-bond acceptors (Lipinski definition) is 1. The third-order valence-electron chi connectivity index (χ3n) is 9.11. The molecule has 0 saturated heterocycles. The average molecular weight is 799 g/mol. The van der Waals surface area contributed by atoms with Crippen LogP contribution in [-0.2, 0) is 33.6 Å². The van der Waals surface area contributed by atoms with Crippen molar-refractivity contribution in [3.63, 3.8) is 0 Å². The van der Waals surface area contributed by atoms with Crippen LogP contribution in [0, 0.1) is 0 Å². The Balaban J connectivity index is 0.00000576. The summed E-state index contributed by atoms with van der Waals surface area (Å²) in [5.74, 6) is 0. The Bertz CT molecular complexity index is 1150. The van der Waals surface area contributed by atoms with Gasteiger partial charge in [-0.25, -0.2) is 0 Å². The van der Waals surface area contributed by atoms with Gasteiger partial charge in [0.25, 0.3) is 0 Å². The third kappa shape index (κ3) is 12.7.